The molecule has 124 valence electrons. The molecule has 2 heterocycles. The third kappa shape index (κ3) is 3.19. The van der Waals surface area contributed by atoms with Crippen molar-refractivity contribution in [3.63, 3.8) is 0 Å². The zero-order valence-electron chi connectivity index (χ0n) is 13.3. The van der Waals surface area contributed by atoms with Crippen LogP contribution in [0.4, 0.5) is 0 Å². The molecular weight excluding hydrogens is 308 g/mol. The van der Waals surface area contributed by atoms with Crippen molar-refractivity contribution >= 4 is 17.7 Å². The lowest BCUT2D eigenvalue weighted by molar-refractivity contribution is -0.121. The molecule has 7 heteroatoms. The second-order valence-electron chi connectivity index (χ2n) is 5.79. The maximum atomic E-state index is 12.2. The summed E-state index contributed by atoms with van der Waals surface area (Å²) >= 11 is 0. The predicted molar refractivity (Wildman–Crippen MR) is 86.3 cm³/mol. The topological polar surface area (TPSA) is 84.3 Å². The van der Waals surface area contributed by atoms with Crippen molar-refractivity contribution < 1.29 is 14.4 Å². The molecule has 1 atom stereocenters. The van der Waals surface area contributed by atoms with Crippen molar-refractivity contribution in [1.29, 1.82) is 0 Å². The van der Waals surface area contributed by atoms with Crippen molar-refractivity contribution in [2.45, 2.75) is 25.9 Å². The minimum absolute atomic E-state index is 0.0751. The van der Waals surface area contributed by atoms with Crippen LogP contribution < -0.4 is 5.32 Å². The molecule has 0 aliphatic carbocycles. The van der Waals surface area contributed by atoms with Crippen LogP contribution in [0, 0.1) is 0 Å². The van der Waals surface area contributed by atoms with Gasteiger partial charge in [0.2, 0.25) is 5.91 Å². The highest BCUT2D eigenvalue weighted by molar-refractivity contribution is 6.21. The molecular formula is C17H18N4O3. The summed E-state index contributed by atoms with van der Waals surface area (Å²) in [5.41, 5.74) is 0.799. The van der Waals surface area contributed by atoms with E-state index in [4.69, 9.17) is 0 Å². The zero-order valence-corrected chi connectivity index (χ0v) is 13.3. The normalized spacial score (nSPS) is 14.6. The number of aromatic nitrogens is 2. The first-order chi connectivity index (χ1) is 11.6. The van der Waals surface area contributed by atoms with Gasteiger partial charge in [0.15, 0.2) is 0 Å². The number of carbonyl (C=O) groups is 3. The van der Waals surface area contributed by atoms with Crippen molar-refractivity contribution in [2.24, 2.45) is 0 Å². The maximum Gasteiger partial charge on any atom is 0.261 e. The quantitative estimate of drug-likeness (QED) is 0.805. The van der Waals surface area contributed by atoms with Crippen LogP contribution in [0.2, 0.25) is 0 Å². The van der Waals surface area contributed by atoms with Gasteiger partial charge in [0.05, 0.1) is 17.5 Å². The number of fused-ring (bicyclic) bond motifs is 1. The highest BCUT2D eigenvalue weighted by atomic mass is 16.2. The molecule has 2 aromatic rings. The van der Waals surface area contributed by atoms with Crippen LogP contribution in [0.25, 0.3) is 0 Å². The van der Waals surface area contributed by atoms with Gasteiger partial charge in [0.25, 0.3) is 11.8 Å². The lowest BCUT2D eigenvalue weighted by atomic mass is 10.1. The van der Waals surface area contributed by atoms with Crippen LogP contribution in [-0.4, -0.2) is 44.8 Å². The van der Waals surface area contributed by atoms with Gasteiger partial charge in [-0.3, -0.25) is 19.3 Å². The second kappa shape index (κ2) is 6.66. The van der Waals surface area contributed by atoms with E-state index in [1.807, 2.05) is 17.7 Å². The lowest BCUT2D eigenvalue weighted by Crippen LogP contribution is -2.39. The van der Waals surface area contributed by atoms with E-state index in [1.54, 1.807) is 36.8 Å². The molecule has 0 fully saturated rings. The van der Waals surface area contributed by atoms with Crippen LogP contribution in [0.1, 0.15) is 34.1 Å². The van der Waals surface area contributed by atoms with Crippen molar-refractivity contribution in [3.05, 3.63) is 54.1 Å². The van der Waals surface area contributed by atoms with E-state index < -0.39 is 0 Å². The first-order valence-corrected chi connectivity index (χ1v) is 7.76. The van der Waals surface area contributed by atoms with Gasteiger partial charge < -0.3 is 9.88 Å². The number of imidazole rings is 1. The Morgan fingerprint density at radius 3 is 2.46 bits per heavy atom. The summed E-state index contributed by atoms with van der Waals surface area (Å²) in [4.78, 5) is 41.6. The van der Waals surface area contributed by atoms with Crippen molar-refractivity contribution in [1.82, 2.24) is 19.8 Å². The molecule has 1 aliphatic rings. The molecule has 3 amide bonds. The van der Waals surface area contributed by atoms with Gasteiger partial charge >= 0.3 is 0 Å². The van der Waals surface area contributed by atoms with E-state index in [1.165, 1.54) is 0 Å². The van der Waals surface area contributed by atoms with E-state index in [-0.39, 0.29) is 36.7 Å². The largest absolute Gasteiger partial charge is 0.352 e. The van der Waals surface area contributed by atoms with Crippen molar-refractivity contribution in [3.8, 4) is 0 Å². The van der Waals surface area contributed by atoms with Crippen LogP contribution in [-0.2, 0) is 11.3 Å². The van der Waals surface area contributed by atoms with Gasteiger partial charge in [-0.15, -0.1) is 0 Å². The van der Waals surface area contributed by atoms with Gasteiger partial charge in [-0.1, -0.05) is 12.1 Å². The number of benzene rings is 1. The van der Waals surface area contributed by atoms with Gasteiger partial charge in [0.1, 0.15) is 0 Å². The SMILES string of the molecule is CC(Cn1ccnc1)NC(=O)CCN1C(=O)c2ccccc2C1=O. The molecule has 0 saturated heterocycles. The molecule has 1 N–H and O–H groups in total. The molecule has 7 nitrogen and oxygen atoms in total. The number of carbonyl (C=O) groups excluding carboxylic acids is 3. The lowest BCUT2D eigenvalue weighted by Gasteiger charge is -2.17. The Bertz CT molecular complexity index is 735. The number of rotatable bonds is 6. The molecule has 0 bridgehead atoms. The number of nitrogens with one attached hydrogen (secondary N) is 1. The molecule has 1 aliphatic heterocycles. The Morgan fingerprint density at radius 1 is 1.21 bits per heavy atom. The summed E-state index contributed by atoms with van der Waals surface area (Å²) in [5, 5.41) is 2.86. The van der Waals surface area contributed by atoms with Crippen LogP contribution in [0.3, 0.4) is 0 Å². The molecule has 1 aromatic heterocycles. The Morgan fingerprint density at radius 2 is 1.88 bits per heavy atom. The minimum atomic E-state index is -0.338. The Balaban J connectivity index is 1.52. The number of hydrogen-bond donors (Lipinski definition) is 1. The fraction of sp³-hybridized carbons (Fsp3) is 0.294. The summed E-state index contributed by atoms with van der Waals surface area (Å²) in [6, 6.07) is 6.62. The average molecular weight is 326 g/mol. The fourth-order valence-corrected chi connectivity index (χ4v) is 2.76. The van der Waals surface area contributed by atoms with Crippen LogP contribution >= 0.6 is 0 Å². The van der Waals surface area contributed by atoms with Gasteiger partial charge in [0, 0.05) is 37.9 Å². The molecule has 3 rings (SSSR count). The van der Waals surface area contributed by atoms with Crippen molar-refractivity contribution in [2.75, 3.05) is 6.54 Å². The number of hydrogen-bond acceptors (Lipinski definition) is 4. The third-order valence-corrected chi connectivity index (χ3v) is 3.89. The summed E-state index contributed by atoms with van der Waals surface area (Å²) in [5.74, 6) is -0.871. The maximum absolute atomic E-state index is 12.2. The van der Waals surface area contributed by atoms with Gasteiger partial charge in [-0.2, -0.15) is 0 Å². The molecule has 1 unspecified atom stereocenters. The molecule has 0 radical (unpaired) electrons. The standard InChI is InChI=1S/C17H18N4O3/c1-12(10-20-9-7-18-11-20)19-15(22)6-8-21-16(23)13-4-2-3-5-14(13)17(21)24/h2-5,7,9,11-12H,6,8,10H2,1H3,(H,19,22). The Hall–Kier alpha value is -2.96. The Labute approximate surface area is 139 Å². The molecule has 0 spiro atoms. The summed E-state index contributed by atoms with van der Waals surface area (Å²) < 4.78 is 1.87. The smallest absolute Gasteiger partial charge is 0.261 e. The average Bonchev–Trinajstić information content (AvgIpc) is 3.14. The molecule has 24 heavy (non-hydrogen) atoms. The van der Waals surface area contributed by atoms with E-state index in [0.29, 0.717) is 17.7 Å². The minimum Gasteiger partial charge on any atom is -0.352 e. The van der Waals surface area contributed by atoms with Gasteiger partial charge in [-0.05, 0) is 19.1 Å². The molecule has 1 aromatic carbocycles. The summed E-state index contributed by atoms with van der Waals surface area (Å²) in [7, 11) is 0. The first kappa shape index (κ1) is 15.9. The highest BCUT2D eigenvalue weighted by Crippen LogP contribution is 2.22. The van der Waals surface area contributed by atoms with Crippen LogP contribution in [0.5, 0.6) is 0 Å². The zero-order chi connectivity index (χ0) is 17.1. The summed E-state index contributed by atoms with van der Waals surface area (Å²) in [6.45, 7) is 2.58. The Kier molecular flexibility index (Phi) is 4.41. The van der Waals surface area contributed by atoms with E-state index in [2.05, 4.69) is 10.3 Å². The van der Waals surface area contributed by atoms with E-state index in [9.17, 15) is 14.4 Å². The van der Waals surface area contributed by atoms with E-state index in [0.717, 1.165) is 4.90 Å². The number of nitrogens with zero attached hydrogens (tertiary/aromatic N) is 3. The number of amides is 3. The third-order valence-electron chi connectivity index (χ3n) is 3.89. The molecule has 0 saturated carbocycles. The van der Waals surface area contributed by atoms with E-state index >= 15 is 0 Å². The first-order valence-electron chi connectivity index (χ1n) is 7.76. The summed E-state index contributed by atoms with van der Waals surface area (Å²) in [6.07, 6.45) is 5.26. The fourth-order valence-electron chi connectivity index (χ4n) is 2.76. The van der Waals surface area contributed by atoms with Crippen LogP contribution in [0.15, 0.2) is 43.0 Å². The highest BCUT2D eigenvalue weighted by Gasteiger charge is 2.34. The second-order valence-corrected chi connectivity index (χ2v) is 5.79. The number of imide groups is 1. The van der Waals surface area contributed by atoms with Gasteiger partial charge in [-0.25, -0.2) is 4.98 Å². The monoisotopic (exact) mass is 326 g/mol. The predicted octanol–water partition coefficient (Wildman–Crippen LogP) is 1.07.